The summed E-state index contributed by atoms with van der Waals surface area (Å²) in [5, 5.41) is 3.56. The van der Waals surface area contributed by atoms with Crippen LogP contribution in [0.25, 0.3) is 0 Å². The summed E-state index contributed by atoms with van der Waals surface area (Å²) < 4.78 is 0. The lowest BCUT2D eigenvalue weighted by Gasteiger charge is -2.30. The molecule has 1 amide bonds. The van der Waals surface area contributed by atoms with Crippen molar-refractivity contribution in [3.05, 3.63) is 35.9 Å². The van der Waals surface area contributed by atoms with Crippen LogP contribution in [-0.2, 0) is 11.2 Å². The molecule has 3 nitrogen and oxygen atoms in total. The molecule has 0 spiro atoms. The third-order valence-electron chi connectivity index (χ3n) is 4.31. The Morgan fingerprint density at radius 3 is 2.52 bits per heavy atom. The van der Waals surface area contributed by atoms with Gasteiger partial charge in [-0.3, -0.25) is 10.1 Å². The maximum absolute atomic E-state index is 12.8. The summed E-state index contributed by atoms with van der Waals surface area (Å²) >= 11 is 0. The molecule has 3 atom stereocenters. The molecule has 1 aliphatic rings. The highest BCUT2D eigenvalue weighted by molar-refractivity contribution is 5.85. The van der Waals surface area contributed by atoms with Crippen molar-refractivity contribution in [2.24, 2.45) is 0 Å². The maximum Gasteiger partial charge on any atom is 0.241 e. The van der Waals surface area contributed by atoms with Crippen molar-refractivity contribution in [1.29, 1.82) is 0 Å². The average Bonchev–Trinajstić information content (AvgIpc) is 2.77. The van der Waals surface area contributed by atoms with Gasteiger partial charge in [0.05, 0.1) is 12.2 Å². The minimum absolute atomic E-state index is 0.0664. The monoisotopic (exact) mass is 288 g/mol. The van der Waals surface area contributed by atoms with Crippen molar-refractivity contribution in [3.63, 3.8) is 0 Å². The first kappa shape index (κ1) is 16.0. The highest BCUT2D eigenvalue weighted by Gasteiger charge is 2.40. The lowest BCUT2D eigenvalue weighted by atomic mass is 10.1. The zero-order valence-corrected chi connectivity index (χ0v) is 13.5. The zero-order valence-electron chi connectivity index (χ0n) is 13.5. The van der Waals surface area contributed by atoms with E-state index in [0.717, 1.165) is 32.1 Å². The van der Waals surface area contributed by atoms with E-state index in [2.05, 4.69) is 43.1 Å². The Kier molecular flexibility index (Phi) is 5.80. The van der Waals surface area contributed by atoms with Crippen molar-refractivity contribution in [2.45, 2.75) is 71.1 Å². The van der Waals surface area contributed by atoms with Gasteiger partial charge in [0.1, 0.15) is 0 Å². The minimum atomic E-state index is -0.0664. The van der Waals surface area contributed by atoms with Crippen LogP contribution >= 0.6 is 0 Å². The van der Waals surface area contributed by atoms with Gasteiger partial charge in [-0.1, -0.05) is 57.0 Å². The Hall–Kier alpha value is -1.35. The Bertz CT molecular complexity index is 446. The van der Waals surface area contributed by atoms with E-state index in [0.29, 0.717) is 6.04 Å². The van der Waals surface area contributed by atoms with Crippen molar-refractivity contribution in [1.82, 2.24) is 10.2 Å². The van der Waals surface area contributed by atoms with E-state index < -0.39 is 0 Å². The first-order valence-corrected chi connectivity index (χ1v) is 8.29. The smallest absolute Gasteiger partial charge is 0.241 e. The van der Waals surface area contributed by atoms with E-state index in [9.17, 15) is 4.79 Å². The molecule has 1 N–H and O–H groups in total. The number of carbonyl (C=O) groups excluding carboxylic acids is 1. The first-order chi connectivity index (χ1) is 10.2. The Labute approximate surface area is 128 Å². The van der Waals surface area contributed by atoms with Crippen LogP contribution in [0.1, 0.15) is 52.0 Å². The van der Waals surface area contributed by atoms with Gasteiger partial charge in [0, 0.05) is 6.04 Å². The number of rotatable bonds is 7. The minimum Gasteiger partial charge on any atom is -0.323 e. The summed E-state index contributed by atoms with van der Waals surface area (Å²) in [6, 6.07) is 10.5. The van der Waals surface area contributed by atoms with Crippen LogP contribution in [0.3, 0.4) is 0 Å². The molecule has 116 valence electrons. The van der Waals surface area contributed by atoms with Crippen molar-refractivity contribution in [2.75, 3.05) is 0 Å². The van der Waals surface area contributed by atoms with Crippen molar-refractivity contribution < 1.29 is 4.79 Å². The van der Waals surface area contributed by atoms with E-state index in [1.807, 2.05) is 18.2 Å². The van der Waals surface area contributed by atoms with Gasteiger partial charge in [0.25, 0.3) is 0 Å². The van der Waals surface area contributed by atoms with Gasteiger partial charge in [-0.2, -0.15) is 0 Å². The Morgan fingerprint density at radius 1 is 1.19 bits per heavy atom. The molecule has 0 aromatic heterocycles. The normalized spacial score (nSPS) is 23.6. The summed E-state index contributed by atoms with van der Waals surface area (Å²) in [4.78, 5) is 14.9. The topological polar surface area (TPSA) is 32.3 Å². The van der Waals surface area contributed by atoms with Gasteiger partial charge in [-0.05, 0) is 31.7 Å². The molecule has 21 heavy (non-hydrogen) atoms. The molecule has 3 heteroatoms. The Balaban J connectivity index is 2.09. The van der Waals surface area contributed by atoms with Gasteiger partial charge in [0.15, 0.2) is 0 Å². The summed E-state index contributed by atoms with van der Waals surface area (Å²) in [6.45, 7) is 6.54. The van der Waals surface area contributed by atoms with Crippen LogP contribution in [-0.4, -0.2) is 29.1 Å². The zero-order chi connectivity index (χ0) is 15.2. The lowest BCUT2D eigenvalue weighted by Crippen LogP contribution is -2.43. The van der Waals surface area contributed by atoms with Crippen LogP contribution in [0.5, 0.6) is 0 Å². The largest absolute Gasteiger partial charge is 0.323 e. The molecule has 1 aromatic carbocycles. The molecule has 1 aromatic rings. The van der Waals surface area contributed by atoms with Crippen molar-refractivity contribution in [3.8, 4) is 0 Å². The van der Waals surface area contributed by atoms with Crippen molar-refractivity contribution >= 4 is 5.91 Å². The molecule has 0 saturated carbocycles. The number of benzene rings is 1. The van der Waals surface area contributed by atoms with Gasteiger partial charge in [-0.25, -0.2) is 0 Å². The average molecular weight is 288 g/mol. The van der Waals surface area contributed by atoms with E-state index in [1.165, 1.54) is 5.56 Å². The van der Waals surface area contributed by atoms with Crippen LogP contribution in [0.15, 0.2) is 30.3 Å². The maximum atomic E-state index is 12.8. The molecule has 1 saturated heterocycles. The molecule has 3 unspecified atom stereocenters. The fourth-order valence-corrected chi connectivity index (χ4v) is 3.29. The second-order valence-corrected chi connectivity index (χ2v) is 6.10. The van der Waals surface area contributed by atoms with Crippen LogP contribution in [0, 0.1) is 0 Å². The molecule has 1 heterocycles. The molecule has 0 radical (unpaired) electrons. The number of hydrogen-bond acceptors (Lipinski definition) is 2. The number of carbonyl (C=O) groups is 1. The Morgan fingerprint density at radius 2 is 1.90 bits per heavy atom. The molecule has 1 fully saturated rings. The summed E-state index contributed by atoms with van der Waals surface area (Å²) in [7, 11) is 0. The third kappa shape index (κ3) is 3.85. The summed E-state index contributed by atoms with van der Waals surface area (Å²) in [5.41, 5.74) is 1.23. The molecular formula is C18H28N2O. The first-order valence-electron chi connectivity index (χ1n) is 8.29. The molecule has 0 aliphatic carbocycles. The van der Waals surface area contributed by atoms with Crippen LogP contribution in [0.4, 0.5) is 0 Å². The van der Waals surface area contributed by atoms with Gasteiger partial charge in [0.2, 0.25) is 5.91 Å². The fraction of sp³-hybridized carbons (Fsp3) is 0.611. The molecule has 0 bridgehead atoms. The quantitative estimate of drug-likeness (QED) is 0.834. The van der Waals surface area contributed by atoms with E-state index in [1.54, 1.807) is 0 Å². The molecule has 1 aliphatic heterocycles. The lowest BCUT2D eigenvalue weighted by molar-refractivity contribution is -0.132. The summed E-state index contributed by atoms with van der Waals surface area (Å²) in [5.74, 6) is 0.276. The second kappa shape index (κ2) is 7.60. The fourth-order valence-electron chi connectivity index (χ4n) is 3.29. The van der Waals surface area contributed by atoms with Gasteiger partial charge < -0.3 is 4.90 Å². The number of nitrogens with one attached hydrogen (secondary N) is 1. The number of hydrogen-bond donors (Lipinski definition) is 1. The van der Waals surface area contributed by atoms with Gasteiger partial charge in [-0.15, -0.1) is 0 Å². The van der Waals surface area contributed by atoms with Gasteiger partial charge >= 0.3 is 0 Å². The highest BCUT2D eigenvalue weighted by Crippen LogP contribution is 2.22. The number of nitrogens with zero attached hydrogens (tertiary/aromatic N) is 1. The van der Waals surface area contributed by atoms with Crippen LogP contribution < -0.4 is 5.32 Å². The SMILES string of the molecule is CCCC(C)N1C(=O)C(Cc2ccccc2)NC1CCC. The standard InChI is InChI=1S/C18H28N2O/c1-4-9-14(3)20-17(10-5-2)19-16(18(20)21)13-15-11-7-6-8-12-15/h6-8,11-12,14,16-17,19H,4-5,9-10,13H2,1-3H3. The van der Waals surface area contributed by atoms with Crippen LogP contribution in [0.2, 0.25) is 0 Å². The molecular weight excluding hydrogens is 260 g/mol. The van der Waals surface area contributed by atoms with E-state index >= 15 is 0 Å². The number of amides is 1. The third-order valence-corrected chi connectivity index (χ3v) is 4.31. The predicted octanol–water partition coefficient (Wildman–Crippen LogP) is 3.34. The predicted molar refractivity (Wildman–Crippen MR) is 87.0 cm³/mol. The van der Waals surface area contributed by atoms with E-state index in [4.69, 9.17) is 0 Å². The summed E-state index contributed by atoms with van der Waals surface area (Å²) in [6.07, 6.45) is 5.31. The second-order valence-electron chi connectivity index (χ2n) is 6.10. The van der Waals surface area contributed by atoms with E-state index in [-0.39, 0.29) is 18.1 Å². The molecule has 2 rings (SSSR count). The highest BCUT2D eigenvalue weighted by atomic mass is 16.2.